The fourth-order valence-corrected chi connectivity index (χ4v) is 1.09. The molecule has 0 aliphatic rings. The maximum Gasteiger partial charge on any atom is 0.308 e. The van der Waals surface area contributed by atoms with Gasteiger partial charge in [-0.25, -0.2) is 5.06 Å². The van der Waals surface area contributed by atoms with Gasteiger partial charge in [0.2, 0.25) is 6.41 Å². The summed E-state index contributed by atoms with van der Waals surface area (Å²) in [6, 6.07) is 0. The molecule has 0 heterocycles. The van der Waals surface area contributed by atoms with Crippen LogP contribution in [0.25, 0.3) is 0 Å². The van der Waals surface area contributed by atoms with Crippen molar-refractivity contribution in [2.24, 2.45) is 11.8 Å². The van der Waals surface area contributed by atoms with Crippen molar-refractivity contribution >= 4 is 12.4 Å². The zero-order valence-corrected chi connectivity index (χ0v) is 7.80. The average molecular weight is 189 g/mol. The lowest BCUT2D eigenvalue weighted by Gasteiger charge is -2.17. The summed E-state index contributed by atoms with van der Waals surface area (Å²) in [6.45, 7) is 3.62. The molecule has 2 N–H and O–H groups in total. The van der Waals surface area contributed by atoms with Gasteiger partial charge >= 0.3 is 5.97 Å². The van der Waals surface area contributed by atoms with Crippen LogP contribution in [0.2, 0.25) is 0 Å². The standard InChI is InChI=1S/C8H15NO4/c1-6(2)3-7(8(11)12)4-9(13)5-10/h5-7,13H,3-4H2,1-2H3,(H,11,12). The molecule has 0 aliphatic carbocycles. The minimum absolute atomic E-state index is 0.156. The van der Waals surface area contributed by atoms with Gasteiger partial charge in [-0.2, -0.15) is 0 Å². The van der Waals surface area contributed by atoms with Crippen molar-refractivity contribution in [3.63, 3.8) is 0 Å². The molecule has 0 spiro atoms. The van der Waals surface area contributed by atoms with Gasteiger partial charge in [-0.1, -0.05) is 13.8 Å². The van der Waals surface area contributed by atoms with E-state index in [1.165, 1.54) is 0 Å². The maximum atomic E-state index is 10.6. The zero-order chi connectivity index (χ0) is 10.4. The number of carbonyl (C=O) groups is 2. The van der Waals surface area contributed by atoms with Gasteiger partial charge in [-0.15, -0.1) is 0 Å². The van der Waals surface area contributed by atoms with Gasteiger partial charge in [0.05, 0.1) is 12.5 Å². The Morgan fingerprint density at radius 1 is 1.54 bits per heavy atom. The number of carboxylic acids is 1. The quantitative estimate of drug-likeness (QED) is 0.364. The second-order valence-electron chi connectivity index (χ2n) is 3.39. The van der Waals surface area contributed by atoms with E-state index in [0.717, 1.165) is 0 Å². The highest BCUT2D eigenvalue weighted by molar-refractivity contribution is 5.70. The summed E-state index contributed by atoms with van der Waals surface area (Å²) in [6.07, 6.45) is 0.649. The Kier molecular flexibility index (Phi) is 5.06. The van der Waals surface area contributed by atoms with E-state index in [9.17, 15) is 9.59 Å². The molecule has 0 fully saturated rings. The van der Waals surface area contributed by atoms with E-state index in [1.807, 2.05) is 13.8 Å². The lowest BCUT2D eigenvalue weighted by atomic mass is 9.97. The second-order valence-corrected chi connectivity index (χ2v) is 3.39. The molecular weight excluding hydrogens is 174 g/mol. The molecule has 13 heavy (non-hydrogen) atoms. The maximum absolute atomic E-state index is 10.6. The fraction of sp³-hybridized carbons (Fsp3) is 0.750. The highest BCUT2D eigenvalue weighted by Gasteiger charge is 2.20. The lowest BCUT2D eigenvalue weighted by molar-refractivity contribution is -0.159. The third kappa shape index (κ3) is 5.19. The van der Waals surface area contributed by atoms with E-state index in [-0.39, 0.29) is 18.9 Å². The molecule has 1 atom stereocenters. The third-order valence-corrected chi connectivity index (χ3v) is 1.63. The van der Waals surface area contributed by atoms with Crippen LogP contribution < -0.4 is 0 Å². The van der Waals surface area contributed by atoms with Crippen molar-refractivity contribution < 1.29 is 19.9 Å². The highest BCUT2D eigenvalue weighted by atomic mass is 16.5. The number of carboxylic acid groups (broad SMARTS) is 1. The van der Waals surface area contributed by atoms with E-state index in [2.05, 4.69) is 0 Å². The number of amides is 1. The van der Waals surface area contributed by atoms with Gasteiger partial charge in [0, 0.05) is 0 Å². The van der Waals surface area contributed by atoms with Crippen molar-refractivity contribution in [3.05, 3.63) is 0 Å². The van der Waals surface area contributed by atoms with Gasteiger partial charge in [-0.3, -0.25) is 14.8 Å². The van der Waals surface area contributed by atoms with Crippen LogP contribution >= 0.6 is 0 Å². The summed E-state index contributed by atoms with van der Waals surface area (Å²) in [5, 5.41) is 17.9. The largest absolute Gasteiger partial charge is 0.481 e. The molecule has 0 saturated carbocycles. The van der Waals surface area contributed by atoms with Crippen molar-refractivity contribution in [1.82, 2.24) is 5.06 Å². The van der Waals surface area contributed by atoms with E-state index in [4.69, 9.17) is 10.3 Å². The molecule has 0 saturated heterocycles. The SMILES string of the molecule is CC(C)CC(CN(O)C=O)C(=O)O. The van der Waals surface area contributed by atoms with Crippen LogP contribution in [-0.4, -0.2) is 34.3 Å². The zero-order valence-electron chi connectivity index (χ0n) is 7.80. The first-order valence-electron chi connectivity index (χ1n) is 4.11. The van der Waals surface area contributed by atoms with Crippen LogP contribution in [0.1, 0.15) is 20.3 Å². The predicted octanol–water partition coefficient (Wildman–Crippen LogP) is 0.581. The van der Waals surface area contributed by atoms with E-state index in [1.54, 1.807) is 0 Å². The van der Waals surface area contributed by atoms with E-state index in [0.29, 0.717) is 11.5 Å². The average Bonchev–Trinajstić information content (AvgIpc) is 2.02. The molecule has 1 amide bonds. The molecule has 5 nitrogen and oxygen atoms in total. The number of hydrogen-bond donors (Lipinski definition) is 2. The molecule has 0 bridgehead atoms. The summed E-state index contributed by atoms with van der Waals surface area (Å²) < 4.78 is 0. The van der Waals surface area contributed by atoms with Gasteiger partial charge in [0.1, 0.15) is 0 Å². The molecule has 5 heteroatoms. The molecule has 76 valence electrons. The predicted molar refractivity (Wildman–Crippen MR) is 45.1 cm³/mol. The number of aliphatic carboxylic acids is 1. The highest BCUT2D eigenvalue weighted by Crippen LogP contribution is 2.12. The number of carbonyl (C=O) groups excluding carboxylic acids is 1. The molecule has 0 aromatic carbocycles. The van der Waals surface area contributed by atoms with Crippen LogP contribution in [-0.2, 0) is 9.59 Å². The van der Waals surface area contributed by atoms with Gasteiger partial charge in [0.25, 0.3) is 0 Å². The third-order valence-electron chi connectivity index (χ3n) is 1.63. The monoisotopic (exact) mass is 189 g/mol. The Morgan fingerprint density at radius 3 is 2.38 bits per heavy atom. The molecule has 1 unspecified atom stereocenters. The van der Waals surface area contributed by atoms with Crippen LogP contribution in [0.15, 0.2) is 0 Å². The first-order chi connectivity index (χ1) is 5.97. The topological polar surface area (TPSA) is 77.8 Å². The van der Waals surface area contributed by atoms with Crippen LogP contribution in [0.3, 0.4) is 0 Å². The Morgan fingerprint density at radius 2 is 2.08 bits per heavy atom. The minimum Gasteiger partial charge on any atom is -0.481 e. The smallest absolute Gasteiger partial charge is 0.308 e. The minimum atomic E-state index is -0.991. The first-order valence-corrected chi connectivity index (χ1v) is 4.11. The van der Waals surface area contributed by atoms with Gasteiger partial charge in [0.15, 0.2) is 0 Å². The summed E-state index contributed by atoms with van der Waals surface area (Å²) in [4.78, 5) is 20.7. The Hall–Kier alpha value is -1.10. The summed E-state index contributed by atoms with van der Waals surface area (Å²) >= 11 is 0. The van der Waals surface area contributed by atoms with Gasteiger partial charge in [-0.05, 0) is 12.3 Å². The molecule has 0 rings (SSSR count). The molecule has 0 radical (unpaired) electrons. The molecule has 0 aromatic heterocycles. The molecule has 0 aromatic rings. The number of rotatable bonds is 6. The van der Waals surface area contributed by atoms with E-state index < -0.39 is 11.9 Å². The fourth-order valence-electron chi connectivity index (χ4n) is 1.09. The number of hydroxylamine groups is 2. The van der Waals surface area contributed by atoms with Crippen molar-refractivity contribution in [2.45, 2.75) is 20.3 Å². The Balaban J connectivity index is 4.09. The normalized spacial score (nSPS) is 12.6. The number of nitrogens with zero attached hydrogens (tertiary/aromatic N) is 1. The van der Waals surface area contributed by atoms with Crippen molar-refractivity contribution in [2.75, 3.05) is 6.54 Å². The van der Waals surface area contributed by atoms with Crippen molar-refractivity contribution in [3.8, 4) is 0 Å². The number of hydrogen-bond acceptors (Lipinski definition) is 3. The van der Waals surface area contributed by atoms with Crippen LogP contribution in [0.5, 0.6) is 0 Å². The van der Waals surface area contributed by atoms with Crippen LogP contribution in [0, 0.1) is 11.8 Å². The lowest BCUT2D eigenvalue weighted by Crippen LogP contribution is -2.30. The van der Waals surface area contributed by atoms with Gasteiger partial charge < -0.3 is 5.11 Å². The van der Waals surface area contributed by atoms with Crippen LogP contribution in [0.4, 0.5) is 0 Å². The van der Waals surface area contributed by atoms with Crippen molar-refractivity contribution in [1.29, 1.82) is 0 Å². The summed E-state index contributed by atoms with van der Waals surface area (Å²) in [5.41, 5.74) is 0. The van der Waals surface area contributed by atoms with E-state index >= 15 is 0 Å². The Bertz CT molecular complexity index is 181. The summed E-state index contributed by atoms with van der Waals surface area (Å²) in [5.74, 6) is -1.47. The summed E-state index contributed by atoms with van der Waals surface area (Å²) in [7, 11) is 0. The second kappa shape index (κ2) is 5.53. The molecule has 0 aliphatic heterocycles. The Labute approximate surface area is 76.9 Å². The molecular formula is C8H15NO4. The first kappa shape index (κ1) is 11.9.